The van der Waals surface area contributed by atoms with Crippen molar-refractivity contribution in [3.63, 3.8) is 0 Å². The first-order chi connectivity index (χ1) is 12.0. The Morgan fingerprint density at radius 1 is 1.04 bits per heavy atom. The van der Waals surface area contributed by atoms with Crippen molar-refractivity contribution >= 4 is 5.91 Å². The highest BCUT2D eigenvalue weighted by molar-refractivity contribution is 5.78. The van der Waals surface area contributed by atoms with Crippen LogP contribution in [-0.4, -0.2) is 73.0 Å². The maximum absolute atomic E-state index is 13.3. The predicted octanol–water partition coefficient (Wildman–Crippen LogP) is 1.99. The summed E-state index contributed by atoms with van der Waals surface area (Å²) in [5.74, 6) is -0.612. The Morgan fingerprint density at radius 3 is 2.32 bits per heavy atom. The number of nitrogens with zero attached hydrogens (tertiary/aromatic N) is 3. The number of hydrogen-bond acceptors (Lipinski definition) is 3. The van der Waals surface area contributed by atoms with Gasteiger partial charge in [0.2, 0.25) is 5.91 Å². The smallest absolute Gasteiger partial charge is 0.236 e. The van der Waals surface area contributed by atoms with Gasteiger partial charge in [-0.15, -0.1) is 0 Å². The number of amides is 1. The molecule has 2 heterocycles. The molecule has 0 spiro atoms. The lowest BCUT2D eigenvalue weighted by Gasteiger charge is -2.34. The van der Waals surface area contributed by atoms with Gasteiger partial charge in [0, 0.05) is 45.3 Å². The Labute approximate surface area is 148 Å². The van der Waals surface area contributed by atoms with Crippen LogP contribution >= 0.6 is 0 Å². The van der Waals surface area contributed by atoms with Crippen molar-refractivity contribution in [3.05, 3.63) is 35.4 Å². The van der Waals surface area contributed by atoms with Gasteiger partial charge in [-0.3, -0.25) is 9.69 Å². The first kappa shape index (κ1) is 18.3. The molecular weight excluding hydrogens is 324 g/mol. The molecule has 2 aliphatic heterocycles. The molecule has 1 unspecified atom stereocenters. The highest BCUT2D eigenvalue weighted by Crippen LogP contribution is 2.22. The number of likely N-dealkylation sites (tertiary alicyclic amines) is 1. The molecule has 3 rings (SSSR count). The van der Waals surface area contributed by atoms with Gasteiger partial charge in [0.05, 0.1) is 6.54 Å². The van der Waals surface area contributed by atoms with E-state index in [1.165, 1.54) is 12.1 Å². The van der Waals surface area contributed by atoms with E-state index in [0.717, 1.165) is 51.8 Å². The van der Waals surface area contributed by atoms with E-state index >= 15 is 0 Å². The van der Waals surface area contributed by atoms with Crippen LogP contribution in [0.1, 0.15) is 18.9 Å². The average molecular weight is 351 g/mol. The summed E-state index contributed by atoms with van der Waals surface area (Å²) in [6, 6.07) is 3.67. The molecule has 25 heavy (non-hydrogen) atoms. The summed E-state index contributed by atoms with van der Waals surface area (Å²) >= 11 is 0. The third-order valence-electron chi connectivity index (χ3n) is 5.36. The highest BCUT2D eigenvalue weighted by Gasteiger charge is 2.28. The summed E-state index contributed by atoms with van der Waals surface area (Å²) in [5, 5.41) is 0. The lowest BCUT2D eigenvalue weighted by atomic mass is 9.98. The van der Waals surface area contributed by atoms with Gasteiger partial charge in [0.15, 0.2) is 0 Å². The molecule has 0 radical (unpaired) electrons. The average Bonchev–Trinajstić information content (AvgIpc) is 3.03. The Hall–Kier alpha value is -1.53. The predicted molar refractivity (Wildman–Crippen MR) is 93.3 cm³/mol. The number of carbonyl (C=O) groups is 1. The first-order valence-electron chi connectivity index (χ1n) is 9.21. The van der Waals surface area contributed by atoms with Gasteiger partial charge >= 0.3 is 0 Å². The van der Waals surface area contributed by atoms with Gasteiger partial charge < -0.3 is 9.80 Å². The lowest BCUT2D eigenvalue weighted by Crippen LogP contribution is -2.49. The van der Waals surface area contributed by atoms with E-state index in [-0.39, 0.29) is 11.8 Å². The number of rotatable bonds is 5. The third-order valence-corrected chi connectivity index (χ3v) is 5.36. The minimum absolute atomic E-state index is 0.179. The number of halogens is 2. The Balaban J connectivity index is 1.46. The normalized spacial score (nSPS) is 22.5. The summed E-state index contributed by atoms with van der Waals surface area (Å²) in [4.78, 5) is 19.1. The summed E-state index contributed by atoms with van der Waals surface area (Å²) in [6.07, 6.45) is 1.51. The fraction of sp³-hybridized carbons (Fsp3) is 0.632. The van der Waals surface area contributed by atoms with Crippen LogP contribution in [0.5, 0.6) is 0 Å². The van der Waals surface area contributed by atoms with Crippen LogP contribution < -0.4 is 0 Å². The number of piperazine rings is 1. The standard InChI is InChI=1S/C19H27F2N3O/c1-2-22-5-7-23(8-6-22)14-19(25)24-4-3-15(13-24)9-16-10-17(20)12-18(21)11-16/h10-12,15H,2-9,13-14H2,1H3. The molecule has 2 fully saturated rings. The lowest BCUT2D eigenvalue weighted by molar-refractivity contribution is -0.131. The molecule has 1 amide bonds. The van der Waals surface area contributed by atoms with Crippen molar-refractivity contribution in [2.75, 3.05) is 52.4 Å². The third kappa shape index (κ3) is 4.98. The SMILES string of the molecule is CCN1CCN(CC(=O)N2CCC(Cc3cc(F)cc(F)c3)C2)CC1. The van der Waals surface area contributed by atoms with E-state index in [1.54, 1.807) is 0 Å². The molecule has 0 N–H and O–H groups in total. The second-order valence-corrected chi connectivity index (χ2v) is 7.19. The van der Waals surface area contributed by atoms with E-state index in [0.29, 0.717) is 25.1 Å². The molecule has 2 aliphatic rings. The summed E-state index contributed by atoms with van der Waals surface area (Å²) in [7, 11) is 0. The van der Waals surface area contributed by atoms with Crippen molar-refractivity contribution in [2.24, 2.45) is 5.92 Å². The molecule has 0 aliphatic carbocycles. The van der Waals surface area contributed by atoms with E-state index in [9.17, 15) is 13.6 Å². The first-order valence-corrected chi connectivity index (χ1v) is 9.21. The number of hydrogen-bond donors (Lipinski definition) is 0. The van der Waals surface area contributed by atoms with Crippen molar-refractivity contribution < 1.29 is 13.6 Å². The van der Waals surface area contributed by atoms with Crippen LogP contribution in [0.4, 0.5) is 8.78 Å². The van der Waals surface area contributed by atoms with E-state index in [1.807, 2.05) is 4.90 Å². The maximum atomic E-state index is 13.3. The Morgan fingerprint density at radius 2 is 1.68 bits per heavy atom. The Bertz CT molecular complexity index is 582. The topological polar surface area (TPSA) is 26.8 Å². The molecule has 0 bridgehead atoms. The van der Waals surface area contributed by atoms with Crippen LogP contribution in [0.25, 0.3) is 0 Å². The van der Waals surface area contributed by atoms with Gasteiger partial charge in [-0.25, -0.2) is 8.78 Å². The molecule has 0 aromatic heterocycles. The molecule has 6 heteroatoms. The molecule has 0 saturated carbocycles. The number of likely N-dealkylation sites (N-methyl/N-ethyl adjacent to an activating group) is 1. The van der Waals surface area contributed by atoms with Crippen molar-refractivity contribution in [1.29, 1.82) is 0 Å². The van der Waals surface area contributed by atoms with E-state index < -0.39 is 11.6 Å². The molecule has 138 valence electrons. The van der Waals surface area contributed by atoms with E-state index in [2.05, 4.69) is 16.7 Å². The fourth-order valence-corrected chi connectivity index (χ4v) is 3.84. The minimum atomic E-state index is -0.535. The van der Waals surface area contributed by atoms with Crippen molar-refractivity contribution in [2.45, 2.75) is 19.8 Å². The molecule has 2 saturated heterocycles. The zero-order chi connectivity index (χ0) is 17.8. The maximum Gasteiger partial charge on any atom is 0.236 e. The summed E-state index contributed by atoms with van der Waals surface area (Å²) < 4.78 is 26.6. The molecule has 1 atom stereocenters. The second-order valence-electron chi connectivity index (χ2n) is 7.19. The van der Waals surface area contributed by atoms with Crippen molar-refractivity contribution in [3.8, 4) is 0 Å². The molecule has 1 aromatic carbocycles. The van der Waals surface area contributed by atoms with Crippen molar-refractivity contribution in [1.82, 2.24) is 14.7 Å². The second kappa shape index (κ2) is 8.23. The monoisotopic (exact) mass is 351 g/mol. The van der Waals surface area contributed by atoms with Gasteiger partial charge in [0.25, 0.3) is 0 Å². The molecule has 1 aromatic rings. The van der Waals surface area contributed by atoms with Gasteiger partial charge in [-0.2, -0.15) is 0 Å². The molecule has 4 nitrogen and oxygen atoms in total. The quantitative estimate of drug-likeness (QED) is 0.812. The highest BCUT2D eigenvalue weighted by atomic mass is 19.1. The minimum Gasteiger partial charge on any atom is -0.341 e. The summed E-state index contributed by atoms with van der Waals surface area (Å²) in [5.41, 5.74) is 0.674. The largest absolute Gasteiger partial charge is 0.341 e. The van der Waals surface area contributed by atoms with Gasteiger partial charge in [0.1, 0.15) is 11.6 Å². The zero-order valence-electron chi connectivity index (χ0n) is 14.9. The Kier molecular flexibility index (Phi) is 6.02. The number of benzene rings is 1. The van der Waals surface area contributed by atoms with Gasteiger partial charge in [-0.05, 0) is 43.0 Å². The van der Waals surface area contributed by atoms with Crippen LogP contribution in [0.2, 0.25) is 0 Å². The fourth-order valence-electron chi connectivity index (χ4n) is 3.84. The summed E-state index contributed by atoms with van der Waals surface area (Å²) in [6.45, 7) is 9.08. The van der Waals surface area contributed by atoms with Crippen LogP contribution in [0.3, 0.4) is 0 Å². The molecular formula is C19H27F2N3O. The van der Waals surface area contributed by atoms with Gasteiger partial charge in [-0.1, -0.05) is 6.92 Å². The van der Waals surface area contributed by atoms with E-state index in [4.69, 9.17) is 0 Å². The zero-order valence-corrected chi connectivity index (χ0v) is 14.9. The van der Waals surface area contributed by atoms with Crippen LogP contribution in [-0.2, 0) is 11.2 Å². The number of carbonyl (C=O) groups excluding carboxylic acids is 1. The van der Waals surface area contributed by atoms with Crippen LogP contribution in [0, 0.1) is 17.6 Å². The van der Waals surface area contributed by atoms with Crippen LogP contribution in [0.15, 0.2) is 18.2 Å².